The van der Waals surface area contributed by atoms with Crippen molar-refractivity contribution in [2.45, 2.75) is 34.1 Å². The van der Waals surface area contributed by atoms with Crippen LogP contribution in [0.15, 0.2) is 24.3 Å². The average molecular weight is 389 g/mol. The topological polar surface area (TPSA) is 41.4 Å². The number of carbonyl (C=O) groups excluding carboxylic acids is 1. The molecule has 0 radical (unpaired) electrons. The van der Waals surface area contributed by atoms with Gasteiger partial charge in [-0.15, -0.1) is 0 Å². The van der Waals surface area contributed by atoms with Crippen molar-refractivity contribution in [1.82, 2.24) is 19.6 Å². The minimum atomic E-state index is 0.110. The van der Waals surface area contributed by atoms with Crippen LogP contribution in [0.4, 0.5) is 0 Å². The highest BCUT2D eigenvalue weighted by molar-refractivity contribution is 6.30. The molecule has 2 aromatic rings. The number of rotatable bonds is 5. The number of nitrogens with zero attached hydrogens (tertiary/aromatic N) is 4. The first-order chi connectivity index (χ1) is 12.9. The molecule has 5 nitrogen and oxygen atoms in total. The van der Waals surface area contributed by atoms with Crippen molar-refractivity contribution in [3.05, 3.63) is 46.2 Å². The fourth-order valence-corrected chi connectivity index (χ4v) is 3.75. The maximum Gasteiger partial charge on any atom is 0.257 e. The molecular weight excluding hydrogens is 360 g/mol. The zero-order valence-electron chi connectivity index (χ0n) is 16.7. The van der Waals surface area contributed by atoms with Crippen LogP contribution in [0.3, 0.4) is 0 Å². The van der Waals surface area contributed by atoms with E-state index in [1.165, 1.54) is 0 Å². The molecule has 0 bridgehead atoms. The van der Waals surface area contributed by atoms with E-state index >= 15 is 0 Å². The molecule has 146 valence electrons. The van der Waals surface area contributed by atoms with Crippen LogP contribution in [-0.2, 0) is 6.42 Å². The Labute approximate surface area is 166 Å². The Morgan fingerprint density at radius 2 is 1.78 bits per heavy atom. The largest absolute Gasteiger partial charge is 0.336 e. The lowest BCUT2D eigenvalue weighted by atomic mass is 10.0. The molecule has 0 unspecified atom stereocenters. The minimum Gasteiger partial charge on any atom is -0.336 e. The molecule has 0 atom stereocenters. The Morgan fingerprint density at radius 3 is 2.33 bits per heavy atom. The zero-order valence-corrected chi connectivity index (χ0v) is 17.5. The molecule has 1 amide bonds. The third kappa shape index (κ3) is 4.36. The lowest BCUT2D eigenvalue weighted by molar-refractivity contribution is 0.0641. The van der Waals surface area contributed by atoms with E-state index in [9.17, 15) is 4.79 Å². The number of aromatic nitrogens is 2. The molecule has 6 heteroatoms. The van der Waals surface area contributed by atoms with E-state index in [1.54, 1.807) is 0 Å². The fraction of sp³-hybridized carbons (Fsp3) is 0.524. The fourth-order valence-electron chi connectivity index (χ4n) is 3.63. The minimum absolute atomic E-state index is 0.110. The van der Waals surface area contributed by atoms with Crippen molar-refractivity contribution >= 4 is 17.5 Å². The van der Waals surface area contributed by atoms with E-state index in [2.05, 4.69) is 25.7 Å². The van der Waals surface area contributed by atoms with E-state index in [0.29, 0.717) is 10.9 Å². The molecule has 1 aliphatic rings. The van der Waals surface area contributed by atoms with Gasteiger partial charge < -0.3 is 9.80 Å². The first-order valence-corrected chi connectivity index (χ1v) is 10.1. The van der Waals surface area contributed by atoms with Gasteiger partial charge in [-0.3, -0.25) is 4.79 Å². The van der Waals surface area contributed by atoms with Crippen LogP contribution in [0.25, 0.3) is 5.69 Å². The summed E-state index contributed by atoms with van der Waals surface area (Å²) in [5, 5.41) is 5.50. The summed E-state index contributed by atoms with van der Waals surface area (Å²) < 4.78 is 1.88. The summed E-state index contributed by atoms with van der Waals surface area (Å²) in [4.78, 5) is 17.7. The van der Waals surface area contributed by atoms with Gasteiger partial charge in [0.25, 0.3) is 5.91 Å². The first kappa shape index (κ1) is 19.9. The van der Waals surface area contributed by atoms with E-state index in [1.807, 2.05) is 40.8 Å². The molecule has 3 rings (SSSR count). The Hall–Kier alpha value is -1.85. The van der Waals surface area contributed by atoms with Crippen molar-refractivity contribution in [3.63, 3.8) is 0 Å². The van der Waals surface area contributed by atoms with Gasteiger partial charge in [-0.25, -0.2) is 4.68 Å². The van der Waals surface area contributed by atoms with E-state index < -0.39 is 0 Å². The number of hydrogen-bond donors (Lipinski definition) is 0. The molecule has 0 N–H and O–H groups in total. The lowest BCUT2D eigenvalue weighted by Gasteiger charge is -2.34. The lowest BCUT2D eigenvalue weighted by Crippen LogP contribution is -2.48. The predicted molar refractivity (Wildman–Crippen MR) is 110 cm³/mol. The number of benzene rings is 1. The van der Waals surface area contributed by atoms with Crippen LogP contribution >= 0.6 is 11.6 Å². The third-order valence-corrected chi connectivity index (χ3v) is 5.43. The standard InChI is InChI=1S/C21H29ClN4O/c1-5-24-10-12-25(13-11-24)21(27)20-16(4)26(23-19(20)14-15(2)3)18-8-6-17(22)7-9-18/h6-9,15H,5,10-14H2,1-4H3. The molecule has 1 aromatic heterocycles. The van der Waals surface area contributed by atoms with Gasteiger partial charge >= 0.3 is 0 Å². The number of piperazine rings is 1. The van der Waals surface area contributed by atoms with Crippen molar-refractivity contribution in [2.24, 2.45) is 5.92 Å². The van der Waals surface area contributed by atoms with Gasteiger partial charge in [-0.1, -0.05) is 32.4 Å². The quantitative estimate of drug-likeness (QED) is 0.782. The summed E-state index contributed by atoms with van der Waals surface area (Å²) >= 11 is 6.03. The molecule has 1 fully saturated rings. The summed E-state index contributed by atoms with van der Waals surface area (Å²) in [5.74, 6) is 0.542. The Balaban J connectivity index is 1.95. The van der Waals surface area contributed by atoms with Gasteiger partial charge in [-0.2, -0.15) is 5.10 Å². The Morgan fingerprint density at radius 1 is 1.15 bits per heavy atom. The van der Waals surface area contributed by atoms with Gasteiger partial charge in [0.1, 0.15) is 0 Å². The maximum absolute atomic E-state index is 13.3. The number of hydrogen-bond acceptors (Lipinski definition) is 3. The summed E-state index contributed by atoms with van der Waals surface area (Å²) in [5.41, 5.74) is 3.48. The smallest absolute Gasteiger partial charge is 0.257 e. The predicted octanol–water partition coefficient (Wildman–Crippen LogP) is 3.81. The number of amides is 1. The van der Waals surface area contributed by atoms with Gasteiger partial charge in [0, 0.05) is 31.2 Å². The zero-order chi connectivity index (χ0) is 19.6. The molecule has 0 aliphatic carbocycles. The highest BCUT2D eigenvalue weighted by Crippen LogP contribution is 2.24. The first-order valence-electron chi connectivity index (χ1n) is 9.76. The van der Waals surface area contributed by atoms with E-state index in [0.717, 1.165) is 61.8 Å². The summed E-state index contributed by atoms with van der Waals surface area (Å²) in [7, 11) is 0. The molecule has 1 aliphatic heterocycles. The Kier molecular flexibility index (Phi) is 6.22. The van der Waals surface area contributed by atoms with Crippen LogP contribution < -0.4 is 0 Å². The van der Waals surface area contributed by atoms with Crippen LogP contribution in [-0.4, -0.2) is 58.2 Å². The van der Waals surface area contributed by atoms with Crippen LogP contribution in [0, 0.1) is 12.8 Å². The number of carbonyl (C=O) groups is 1. The van der Waals surface area contributed by atoms with Gasteiger partial charge in [0.05, 0.1) is 22.6 Å². The van der Waals surface area contributed by atoms with Crippen molar-refractivity contribution < 1.29 is 4.79 Å². The SMILES string of the molecule is CCN1CCN(C(=O)c2c(CC(C)C)nn(-c3ccc(Cl)cc3)c2C)CC1. The van der Waals surface area contributed by atoms with Gasteiger partial charge in [-0.05, 0) is 50.1 Å². The highest BCUT2D eigenvalue weighted by atomic mass is 35.5. The summed E-state index contributed by atoms with van der Waals surface area (Å²) in [6.45, 7) is 12.9. The molecule has 1 aromatic carbocycles. The second-order valence-corrected chi connectivity index (χ2v) is 8.06. The van der Waals surface area contributed by atoms with Crippen molar-refractivity contribution in [2.75, 3.05) is 32.7 Å². The second-order valence-electron chi connectivity index (χ2n) is 7.62. The third-order valence-electron chi connectivity index (χ3n) is 5.18. The maximum atomic E-state index is 13.3. The molecule has 2 heterocycles. The van der Waals surface area contributed by atoms with Crippen LogP contribution in [0.5, 0.6) is 0 Å². The monoisotopic (exact) mass is 388 g/mol. The van der Waals surface area contributed by atoms with Crippen LogP contribution in [0.1, 0.15) is 42.5 Å². The van der Waals surface area contributed by atoms with Crippen molar-refractivity contribution in [1.29, 1.82) is 0 Å². The average Bonchev–Trinajstić information content (AvgIpc) is 2.97. The molecule has 27 heavy (non-hydrogen) atoms. The molecule has 1 saturated heterocycles. The molecule has 0 saturated carbocycles. The number of halogens is 1. The molecule has 0 spiro atoms. The molecular formula is C21H29ClN4O. The second kappa shape index (κ2) is 8.44. The summed E-state index contributed by atoms with van der Waals surface area (Å²) in [6, 6.07) is 7.59. The number of likely N-dealkylation sites (N-methyl/N-ethyl adjacent to an activating group) is 1. The summed E-state index contributed by atoms with van der Waals surface area (Å²) in [6.07, 6.45) is 0.789. The van der Waals surface area contributed by atoms with Gasteiger partial charge in [0.2, 0.25) is 0 Å². The highest BCUT2D eigenvalue weighted by Gasteiger charge is 2.28. The Bertz CT molecular complexity index is 789. The van der Waals surface area contributed by atoms with Gasteiger partial charge in [0.15, 0.2) is 0 Å². The van der Waals surface area contributed by atoms with Crippen LogP contribution in [0.2, 0.25) is 5.02 Å². The normalized spacial score (nSPS) is 15.6. The van der Waals surface area contributed by atoms with E-state index in [4.69, 9.17) is 16.7 Å². The van der Waals surface area contributed by atoms with E-state index in [-0.39, 0.29) is 5.91 Å². The van der Waals surface area contributed by atoms with Crippen molar-refractivity contribution in [3.8, 4) is 5.69 Å².